The summed E-state index contributed by atoms with van der Waals surface area (Å²) in [6.45, 7) is 1.96. The van der Waals surface area contributed by atoms with Crippen molar-refractivity contribution in [3.63, 3.8) is 0 Å². The number of benzene rings is 2. The molecule has 1 atom stereocenters. The molecule has 0 fully saturated rings. The van der Waals surface area contributed by atoms with Gasteiger partial charge in [0.05, 0.1) is 42.1 Å². The monoisotopic (exact) mass is 624 g/mol. The van der Waals surface area contributed by atoms with Gasteiger partial charge in [0.1, 0.15) is 0 Å². The number of hydrogen-bond acceptors (Lipinski definition) is 6. The molecule has 8 nitrogen and oxygen atoms in total. The van der Waals surface area contributed by atoms with Crippen LogP contribution in [-0.4, -0.2) is 39.5 Å². The maximum Gasteiger partial charge on any atom is 0.416 e. The molecule has 43 heavy (non-hydrogen) atoms. The van der Waals surface area contributed by atoms with Crippen LogP contribution >= 0.6 is 0 Å². The second-order valence-corrected chi connectivity index (χ2v) is 9.85. The Morgan fingerprint density at radius 1 is 0.977 bits per heavy atom. The van der Waals surface area contributed by atoms with E-state index in [9.17, 15) is 44.3 Å². The quantitative estimate of drug-likeness (QED) is 0.283. The van der Waals surface area contributed by atoms with Crippen molar-refractivity contribution in [2.45, 2.75) is 57.8 Å². The molecule has 1 unspecified atom stereocenters. The van der Waals surface area contributed by atoms with E-state index in [-0.39, 0.29) is 54.8 Å². The van der Waals surface area contributed by atoms with Crippen molar-refractivity contribution in [2.75, 3.05) is 23.0 Å². The fourth-order valence-corrected chi connectivity index (χ4v) is 4.97. The predicted molar refractivity (Wildman–Crippen MR) is 134 cm³/mol. The van der Waals surface area contributed by atoms with Crippen LogP contribution < -0.4 is 9.80 Å². The van der Waals surface area contributed by atoms with E-state index in [1.54, 1.807) is 0 Å². The first-order valence-electron chi connectivity index (χ1n) is 12.8. The second-order valence-electron chi connectivity index (χ2n) is 9.85. The summed E-state index contributed by atoms with van der Waals surface area (Å²) < 4.78 is 128. The van der Waals surface area contributed by atoms with E-state index in [1.807, 2.05) is 0 Å². The third-order valence-electron chi connectivity index (χ3n) is 6.81. The zero-order valence-electron chi connectivity index (χ0n) is 22.9. The third kappa shape index (κ3) is 6.96. The van der Waals surface area contributed by atoms with Gasteiger partial charge in [0.2, 0.25) is 0 Å². The molecule has 1 amide bonds. The van der Waals surface area contributed by atoms with Crippen LogP contribution in [0.2, 0.25) is 0 Å². The summed E-state index contributed by atoms with van der Waals surface area (Å²) in [5.41, 5.74) is -4.76. The van der Waals surface area contributed by atoms with Crippen LogP contribution in [0.3, 0.4) is 0 Å². The number of fused-ring (bicyclic) bond motifs is 1. The summed E-state index contributed by atoms with van der Waals surface area (Å²) in [4.78, 5) is 16.1. The summed E-state index contributed by atoms with van der Waals surface area (Å²) in [5.74, 6) is -0.202. The normalized spacial score (nSPS) is 16.1. The Morgan fingerprint density at radius 2 is 1.60 bits per heavy atom. The first-order chi connectivity index (χ1) is 19.9. The molecular formula is C26H25F9N6O2. The number of aromatic nitrogens is 4. The number of nitrogens with zero attached hydrogens (tertiary/aromatic N) is 6. The minimum atomic E-state index is -5.11. The minimum Gasteiger partial charge on any atom is -0.449 e. The highest BCUT2D eigenvalue weighted by Gasteiger charge is 2.40. The molecule has 1 aromatic heterocycles. The number of aryl methyl sites for hydroxylation is 2. The molecule has 0 saturated carbocycles. The number of alkyl halides is 9. The van der Waals surface area contributed by atoms with Gasteiger partial charge in [0.15, 0.2) is 0 Å². The Bertz CT molecular complexity index is 1450. The van der Waals surface area contributed by atoms with Crippen molar-refractivity contribution in [1.29, 1.82) is 0 Å². The molecule has 1 aliphatic heterocycles. The van der Waals surface area contributed by atoms with Gasteiger partial charge in [-0.3, -0.25) is 4.90 Å². The van der Waals surface area contributed by atoms with Crippen LogP contribution in [0.5, 0.6) is 0 Å². The second kappa shape index (κ2) is 11.6. The van der Waals surface area contributed by atoms with Crippen LogP contribution in [0.1, 0.15) is 59.2 Å². The average Bonchev–Trinajstić information content (AvgIpc) is 3.23. The van der Waals surface area contributed by atoms with E-state index in [0.717, 1.165) is 15.8 Å². The summed E-state index contributed by atoms with van der Waals surface area (Å²) in [5, 5.41) is 11.7. The molecule has 0 aliphatic carbocycles. The smallest absolute Gasteiger partial charge is 0.416 e. The number of hydrogen-bond donors (Lipinski definition) is 0. The zero-order chi connectivity index (χ0) is 31.9. The lowest BCUT2D eigenvalue weighted by atomic mass is 9.94. The number of carbonyl (C=O) groups excluding carboxylic acids is 1. The molecule has 2 aromatic carbocycles. The summed E-state index contributed by atoms with van der Waals surface area (Å²) in [6.07, 6.45) is -15.6. The molecule has 3 aromatic rings. The Labute approximate surface area is 239 Å². The van der Waals surface area contributed by atoms with E-state index in [1.165, 1.54) is 31.9 Å². The number of ether oxygens (including phenoxy) is 1. The van der Waals surface area contributed by atoms with Crippen molar-refractivity contribution in [1.82, 2.24) is 20.2 Å². The highest BCUT2D eigenvalue weighted by atomic mass is 19.4. The minimum absolute atomic E-state index is 0.00535. The third-order valence-corrected chi connectivity index (χ3v) is 6.81. The molecule has 0 radical (unpaired) electrons. The van der Waals surface area contributed by atoms with Gasteiger partial charge in [-0.2, -0.15) is 44.3 Å². The topological polar surface area (TPSA) is 76.4 Å². The Balaban J connectivity index is 1.92. The lowest BCUT2D eigenvalue weighted by molar-refractivity contribution is -0.143. The van der Waals surface area contributed by atoms with Crippen molar-refractivity contribution >= 4 is 17.7 Å². The Morgan fingerprint density at radius 3 is 2.12 bits per heavy atom. The van der Waals surface area contributed by atoms with Crippen molar-refractivity contribution < 1.29 is 49.0 Å². The highest BCUT2D eigenvalue weighted by molar-refractivity contribution is 5.89. The lowest BCUT2D eigenvalue weighted by Gasteiger charge is -2.33. The van der Waals surface area contributed by atoms with Gasteiger partial charge in [-0.15, -0.1) is 5.10 Å². The van der Waals surface area contributed by atoms with Gasteiger partial charge < -0.3 is 9.64 Å². The predicted octanol–water partition coefficient (Wildman–Crippen LogP) is 7.08. The zero-order valence-corrected chi connectivity index (χ0v) is 22.9. The molecular weight excluding hydrogens is 599 g/mol. The van der Waals surface area contributed by atoms with E-state index < -0.39 is 59.5 Å². The molecule has 0 spiro atoms. The Hall–Kier alpha value is -4.05. The van der Waals surface area contributed by atoms with Crippen LogP contribution in [0.25, 0.3) is 0 Å². The van der Waals surface area contributed by atoms with Crippen LogP contribution in [0.4, 0.5) is 55.9 Å². The fourth-order valence-electron chi connectivity index (χ4n) is 4.97. The van der Waals surface area contributed by atoms with E-state index in [0.29, 0.717) is 12.1 Å². The molecule has 4 rings (SSSR count). The van der Waals surface area contributed by atoms with Gasteiger partial charge >= 0.3 is 24.6 Å². The van der Waals surface area contributed by atoms with Crippen molar-refractivity contribution in [2.24, 2.45) is 7.05 Å². The van der Waals surface area contributed by atoms with E-state index >= 15 is 0 Å². The average molecular weight is 625 g/mol. The molecule has 0 saturated heterocycles. The molecule has 2 heterocycles. The number of tetrazole rings is 1. The number of amides is 1. The largest absolute Gasteiger partial charge is 0.449 e. The molecule has 0 N–H and O–H groups in total. The van der Waals surface area contributed by atoms with Gasteiger partial charge in [-0.1, -0.05) is 11.2 Å². The van der Waals surface area contributed by atoms with E-state index in [4.69, 9.17) is 4.74 Å². The summed E-state index contributed by atoms with van der Waals surface area (Å²) in [7, 11) is 1.38. The standard InChI is InChI=1S/C26H25F9N6O2/c1-4-43-23(42)40-7-5-6-20(18-8-14(2)19(12-21(18)40)26(33,34)35)41(22-36-38-39(3)37-22)13-15-9-16(24(27,28)29)11-17(10-15)25(30,31)32/h8-12,20H,4-7,13H2,1-3H3. The van der Waals surface area contributed by atoms with Crippen LogP contribution in [0.15, 0.2) is 30.3 Å². The van der Waals surface area contributed by atoms with Crippen molar-refractivity contribution in [3.8, 4) is 0 Å². The Kier molecular flexibility index (Phi) is 8.57. The molecule has 1 aliphatic rings. The maximum absolute atomic E-state index is 13.9. The van der Waals surface area contributed by atoms with Crippen LogP contribution in [-0.2, 0) is 36.9 Å². The van der Waals surface area contributed by atoms with Gasteiger partial charge in [-0.05, 0) is 72.9 Å². The number of rotatable bonds is 5. The lowest BCUT2D eigenvalue weighted by Crippen LogP contribution is -2.33. The van der Waals surface area contributed by atoms with Gasteiger partial charge in [0, 0.05) is 13.1 Å². The summed E-state index contributed by atoms with van der Waals surface area (Å²) >= 11 is 0. The van der Waals surface area contributed by atoms with Crippen molar-refractivity contribution in [3.05, 3.63) is 63.7 Å². The van der Waals surface area contributed by atoms with Crippen LogP contribution in [0, 0.1) is 6.92 Å². The first kappa shape index (κ1) is 31.9. The van der Waals surface area contributed by atoms with Gasteiger partial charge in [0.25, 0.3) is 5.95 Å². The first-order valence-corrected chi connectivity index (χ1v) is 12.8. The molecule has 0 bridgehead atoms. The fraction of sp³-hybridized carbons (Fsp3) is 0.462. The molecule has 17 heteroatoms. The highest BCUT2D eigenvalue weighted by Crippen LogP contribution is 2.44. The van der Waals surface area contributed by atoms with Gasteiger partial charge in [-0.25, -0.2) is 4.79 Å². The summed E-state index contributed by atoms with van der Waals surface area (Å²) in [6, 6.07) is 2.08. The number of halogens is 9. The van der Waals surface area contributed by atoms with E-state index in [2.05, 4.69) is 15.4 Å². The number of carbonyl (C=O) groups is 1. The molecule has 234 valence electrons. The maximum atomic E-state index is 13.9. The number of anilines is 2. The SMILES string of the molecule is CCOC(=O)N1CCCC(N(Cc2cc(C(F)(F)F)cc(C(F)(F)F)c2)c2nnn(C)n2)c2cc(C)c(C(F)(F)F)cc21.